The van der Waals surface area contributed by atoms with Gasteiger partial charge in [-0.25, -0.2) is 8.42 Å². The van der Waals surface area contributed by atoms with Gasteiger partial charge in [-0.05, 0) is 25.1 Å². The first-order valence-corrected chi connectivity index (χ1v) is 8.27. The fourth-order valence-electron chi connectivity index (χ4n) is 1.66. The number of nitrogens with two attached hydrogens (primary N) is 1. The molecule has 112 valence electrons. The predicted octanol–water partition coefficient (Wildman–Crippen LogP) is 0.956. The van der Waals surface area contributed by atoms with Crippen molar-refractivity contribution >= 4 is 37.4 Å². The average Bonchev–Trinajstić information content (AvgIpc) is 2.26. The van der Waals surface area contributed by atoms with E-state index in [0.717, 1.165) is 0 Å². The largest absolute Gasteiger partial charge is 0.398 e. The van der Waals surface area contributed by atoms with E-state index < -0.39 is 21.5 Å². The molecule has 0 aliphatic rings. The van der Waals surface area contributed by atoms with Crippen LogP contribution in [0.15, 0.2) is 27.6 Å². The second-order valence-electron chi connectivity index (χ2n) is 4.37. The minimum absolute atomic E-state index is 0.0461. The zero-order valence-electron chi connectivity index (χ0n) is 11.2. The Hall–Kier alpha value is -1.12. The standard InChI is InChI=1S/C12H17BrN2O4S/c1-8(6-19-2)15-12(16)7-20(17,18)11-4-3-9(13)5-10(11)14/h3-5,8H,6-7,14H2,1-2H3,(H,15,16). The van der Waals surface area contributed by atoms with E-state index in [4.69, 9.17) is 10.5 Å². The van der Waals surface area contributed by atoms with Gasteiger partial charge in [0.1, 0.15) is 5.75 Å². The molecule has 1 unspecified atom stereocenters. The van der Waals surface area contributed by atoms with Crippen molar-refractivity contribution in [1.82, 2.24) is 5.32 Å². The molecule has 0 bridgehead atoms. The van der Waals surface area contributed by atoms with E-state index in [1.807, 2.05) is 0 Å². The summed E-state index contributed by atoms with van der Waals surface area (Å²) in [6.45, 7) is 2.04. The van der Waals surface area contributed by atoms with E-state index >= 15 is 0 Å². The van der Waals surface area contributed by atoms with Crippen molar-refractivity contribution in [3.05, 3.63) is 22.7 Å². The van der Waals surface area contributed by atoms with Gasteiger partial charge in [-0.1, -0.05) is 15.9 Å². The van der Waals surface area contributed by atoms with Crippen LogP contribution < -0.4 is 11.1 Å². The van der Waals surface area contributed by atoms with Crippen LogP contribution in [0.5, 0.6) is 0 Å². The number of sulfone groups is 1. The molecule has 1 atom stereocenters. The molecular formula is C12H17BrN2O4S. The van der Waals surface area contributed by atoms with Gasteiger partial charge in [0.2, 0.25) is 5.91 Å². The summed E-state index contributed by atoms with van der Waals surface area (Å²) in [7, 11) is -2.26. The Labute approximate surface area is 126 Å². The summed E-state index contributed by atoms with van der Waals surface area (Å²) in [6, 6.07) is 4.16. The quantitative estimate of drug-likeness (QED) is 0.732. The lowest BCUT2D eigenvalue weighted by Crippen LogP contribution is -2.39. The first kappa shape index (κ1) is 16.9. The van der Waals surface area contributed by atoms with Gasteiger partial charge in [-0.3, -0.25) is 4.79 Å². The highest BCUT2D eigenvalue weighted by Crippen LogP contribution is 2.23. The number of anilines is 1. The molecular weight excluding hydrogens is 348 g/mol. The summed E-state index contributed by atoms with van der Waals surface area (Å²) in [5, 5.41) is 2.54. The summed E-state index contributed by atoms with van der Waals surface area (Å²) in [4.78, 5) is 11.7. The van der Waals surface area contributed by atoms with Gasteiger partial charge in [0, 0.05) is 17.6 Å². The van der Waals surface area contributed by atoms with Crippen molar-refractivity contribution in [1.29, 1.82) is 0 Å². The Morgan fingerprint density at radius 1 is 1.50 bits per heavy atom. The Kier molecular flexibility index (Phi) is 5.97. The number of nitrogen functional groups attached to an aromatic ring is 1. The van der Waals surface area contributed by atoms with E-state index in [9.17, 15) is 13.2 Å². The van der Waals surface area contributed by atoms with E-state index in [2.05, 4.69) is 21.2 Å². The first-order chi connectivity index (χ1) is 9.26. The average molecular weight is 365 g/mol. The number of hydrogen-bond donors (Lipinski definition) is 2. The van der Waals surface area contributed by atoms with Gasteiger partial charge < -0.3 is 15.8 Å². The van der Waals surface area contributed by atoms with Gasteiger partial charge in [0.05, 0.1) is 17.2 Å². The number of rotatable bonds is 6. The van der Waals surface area contributed by atoms with Crippen molar-refractivity contribution in [3.63, 3.8) is 0 Å². The summed E-state index contributed by atoms with van der Waals surface area (Å²) in [5.74, 6) is -1.23. The Morgan fingerprint density at radius 2 is 2.15 bits per heavy atom. The molecule has 1 amide bonds. The Morgan fingerprint density at radius 3 is 2.70 bits per heavy atom. The first-order valence-electron chi connectivity index (χ1n) is 5.82. The van der Waals surface area contributed by atoms with Crippen molar-refractivity contribution in [2.24, 2.45) is 0 Å². The maximum absolute atomic E-state index is 12.1. The number of benzene rings is 1. The molecule has 0 saturated heterocycles. The van der Waals surface area contributed by atoms with E-state index in [1.165, 1.54) is 19.2 Å². The summed E-state index contributed by atoms with van der Waals surface area (Å²) in [5.41, 5.74) is 5.78. The molecule has 20 heavy (non-hydrogen) atoms. The van der Waals surface area contributed by atoms with Gasteiger partial charge in [-0.2, -0.15) is 0 Å². The number of methoxy groups -OCH3 is 1. The molecule has 0 spiro atoms. The Bertz CT molecular complexity index is 589. The third kappa shape index (κ3) is 4.77. The maximum Gasteiger partial charge on any atom is 0.235 e. The fourth-order valence-corrected chi connectivity index (χ4v) is 3.32. The highest BCUT2D eigenvalue weighted by atomic mass is 79.9. The zero-order chi connectivity index (χ0) is 15.3. The van der Waals surface area contributed by atoms with Gasteiger partial charge in [0.25, 0.3) is 0 Å². The molecule has 0 aromatic heterocycles. The highest BCUT2D eigenvalue weighted by Gasteiger charge is 2.22. The maximum atomic E-state index is 12.1. The number of nitrogens with one attached hydrogen (secondary N) is 1. The smallest absolute Gasteiger partial charge is 0.235 e. The summed E-state index contributed by atoms with van der Waals surface area (Å²) < 4.78 is 29.8. The molecule has 0 aliphatic heterocycles. The number of carbonyl (C=O) groups is 1. The van der Waals surface area contributed by atoms with Crippen LogP contribution in [0.3, 0.4) is 0 Å². The molecule has 8 heteroatoms. The van der Waals surface area contributed by atoms with E-state index in [1.54, 1.807) is 13.0 Å². The Balaban J connectivity index is 2.82. The third-order valence-corrected chi connectivity index (χ3v) is 4.63. The molecule has 1 aromatic carbocycles. The van der Waals surface area contributed by atoms with E-state index in [0.29, 0.717) is 11.1 Å². The molecule has 1 aromatic rings. The van der Waals surface area contributed by atoms with E-state index in [-0.39, 0.29) is 16.6 Å². The lowest BCUT2D eigenvalue weighted by molar-refractivity contribution is -0.119. The van der Waals surface area contributed by atoms with Crippen molar-refractivity contribution in [2.75, 3.05) is 25.2 Å². The minimum atomic E-state index is -3.77. The SMILES string of the molecule is COCC(C)NC(=O)CS(=O)(=O)c1ccc(Br)cc1N. The zero-order valence-corrected chi connectivity index (χ0v) is 13.6. The monoisotopic (exact) mass is 364 g/mol. The predicted molar refractivity (Wildman–Crippen MR) is 80.1 cm³/mol. The molecule has 0 saturated carbocycles. The number of halogens is 1. The second kappa shape index (κ2) is 7.05. The van der Waals surface area contributed by atoms with Crippen LogP contribution in [-0.2, 0) is 19.4 Å². The molecule has 0 heterocycles. The van der Waals surface area contributed by atoms with Crippen LogP contribution in [0.25, 0.3) is 0 Å². The topological polar surface area (TPSA) is 98.5 Å². The molecule has 3 N–H and O–H groups in total. The third-order valence-electron chi connectivity index (χ3n) is 2.45. The van der Waals surface area contributed by atoms with Crippen molar-refractivity contribution < 1.29 is 17.9 Å². The molecule has 6 nitrogen and oxygen atoms in total. The lowest BCUT2D eigenvalue weighted by atomic mass is 10.3. The molecule has 1 rings (SSSR count). The molecule has 0 aliphatic carbocycles. The molecule has 0 fully saturated rings. The number of hydrogen-bond acceptors (Lipinski definition) is 5. The van der Waals surface area contributed by atoms with Crippen LogP contribution in [-0.4, -0.2) is 39.8 Å². The highest BCUT2D eigenvalue weighted by molar-refractivity contribution is 9.10. The van der Waals surface area contributed by atoms with Crippen molar-refractivity contribution in [3.8, 4) is 0 Å². The van der Waals surface area contributed by atoms with Crippen LogP contribution >= 0.6 is 15.9 Å². The number of ether oxygens (including phenoxy) is 1. The van der Waals surface area contributed by atoms with Crippen LogP contribution in [0.2, 0.25) is 0 Å². The van der Waals surface area contributed by atoms with Gasteiger partial charge >= 0.3 is 0 Å². The minimum Gasteiger partial charge on any atom is -0.398 e. The van der Waals surface area contributed by atoms with Crippen LogP contribution in [0.1, 0.15) is 6.92 Å². The second-order valence-corrected chi connectivity index (χ2v) is 7.24. The number of carbonyl (C=O) groups excluding carboxylic acids is 1. The summed E-state index contributed by atoms with van der Waals surface area (Å²) >= 11 is 3.20. The lowest BCUT2D eigenvalue weighted by Gasteiger charge is -2.13. The number of amides is 1. The fraction of sp³-hybridized carbons (Fsp3) is 0.417. The van der Waals surface area contributed by atoms with Gasteiger partial charge in [-0.15, -0.1) is 0 Å². The molecule has 0 radical (unpaired) electrons. The van der Waals surface area contributed by atoms with Crippen LogP contribution in [0.4, 0.5) is 5.69 Å². The summed E-state index contributed by atoms with van der Waals surface area (Å²) in [6.07, 6.45) is 0. The van der Waals surface area contributed by atoms with Crippen LogP contribution in [0, 0.1) is 0 Å². The normalized spacial score (nSPS) is 12.9. The van der Waals surface area contributed by atoms with Crippen molar-refractivity contribution in [2.45, 2.75) is 17.9 Å². The van der Waals surface area contributed by atoms with Gasteiger partial charge in [0.15, 0.2) is 9.84 Å².